The number of rotatable bonds is 3. The van der Waals surface area contributed by atoms with E-state index in [0.29, 0.717) is 24.0 Å². The molecule has 0 saturated carbocycles. The first-order chi connectivity index (χ1) is 10.1. The number of nitrogens with two attached hydrogens (primary N) is 1. The van der Waals surface area contributed by atoms with E-state index in [9.17, 15) is 4.39 Å². The summed E-state index contributed by atoms with van der Waals surface area (Å²) < 4.78 is 20.1. The van der Waals surface area contributed by atoms with Crippen molar-refractivity contribution in [3.05, 3.63) is 63.9 Å². The summed E-state index contributed by atoms with van der Waals surface area (Å²) >= 11 is 3.34. The molecular weight excluding hydrogens is 333 g/mol. The molecule has 1 unspecified atom stereocenters. The Kier molecular flexibility index (Phi) is 4.00. The lowest BCUT2D eigenvalue weighted by Crippen LogP contribution is -2.43. The maximum Gasteiger partial charge on any atom is 0.137 e. The van der Waals surface area contributed by atoms with Crippen LogP contribution in [0, 0.1) is 11.2 Å². The lowest BCUT2D eigenvalue weighted by molar-refractivity contribution is 0.126. The summed E-state index contributed by atoms with van der Waals surface area (Å²) in [6.45, 7) is 1.06. The molecule has 2 nitrogen and oxygen atoms in total. The number of ether oxygens (including phenoxy) is 1. The lowest BCUT2D eigenvalue weighted by atomic mass is 9.75. The summed E-state index contributed by atoms with van der Waals surface area (Å²) in [6, 6.07) is 13.1. The predicted octanol–water partition coefficient (Wildman–Crippen LogP) is 3.71. The molecule has 0 amide bonds. The molecular formula is C17H17BrFNO. The van der Waals surface area contributed by atoms with Gasteiger partial charge in [-0.25, -0.2) is 4.39 Å². The predicted molar refractivity (Wildman–Crippen MR) is 84.9 cm³/mol. The smallest absolute Gasteiger partial charge is 0.137 e. The minimum Gasteiger partial charge on any atom is -0.493 e. The van der Waals surface area contributed by atoms with Crippen LogP contribution in [0.1, 0.15) is 11.1 Å². The topological polar surface area (TPSA) is 35.2 Å². The van der Waals surface area contributed by atoms with E-state index in [2.05, 4.69) is 22.0 Å². The van der Waals surface area contributed by atoms with Crippen LogP contribution in [-0.4, -0.2) is 13.2 Å². The van der Waals surface area contributed by atoms with Crippen LogP contribution in [0.25, 0.3) is 0 Å². The van der Waals surface area contributed by atoms with Crippen molar-refractivity contribution in [1.82, 2.24) is 0 Å². The van der Waals surface area contributed by atoms with Crippen molar-refractivity contribution in [2.45, 2.75) is 12.8 Å². The van der Waals surface area contributed by atoms with Crippen LogP contribution >= 0.6 is 15.9 Å². The van der Waals surface area contributed by atoms with E-state index in [0.717, 1.165) is 17.7 Å². The maximum atomic E-state index is 13.7. The number of benzene rings is 2. The Morgan fingerprint density at radius 3 is 2.81 bits per heavy atom. The standard InChI is InChI=1S/C17H17BrFNO/c18-16-13(5-3-6-14(16)19)9-17(10-20)8-12-4-1-2-7-15(12)21-11-17/h1-7H,8-11,20H2. The van der Waals surface area contributed by atoms with Gasteiger partial charge < -0.3 is 10.5 Å². The molecule has 4 heteroatoms. The molecule has 0 aliphatic carbocycles. The van der Waals surface area contributed by atoms with E-state index < -0.39 is 0 Å². The Hall–Kier alpha value is -1.39. The van der Waals surface area contributed by atoms with Crippen LogP contribution in [0.15, 0.2) is 46.9 Å². The van der Waals surface area contributed by atoms with Crippen molar-refractivity contribution in [2.24, 2.45) is 11.1 Å². The third-order valence-corrected chi connectivity index (χ3v) is 4.99. The fraction of sp³-hybridized carbons (Fsp3) is 0.294. The van der Waals surface area contributed by atoms with E-state index >= 15 is 0 Å². The number of halogens is 2. The highest BCUT2D eigenvalue weighted by atomic mass is 79.9. The molecule has 0 spiro atoms. The minimum atomic E-state index is -0.239. The Balaban J connectivity index is 1.91. The first-order valence-electron chi connectivity index (χ1n) is 6.97. The summed E-state index contributed by atoms with van der Waals surface area (Å²) in [4.78, 5) is 0. The number of fused-ring (bicyclic) bond motifs is 1. The van der Waals surface area contributed by atoms with Crippen molar-refractivity contribution in [3.8, 4) is 5.75 Å². The Morgan fingerprint density at radius 2 is 2.00 bits per heavy atom. The second-order valence-electron chi connectivity index (χ2n) is 5.67. The molecule has 21 heavy (non-hydrogen) atoms. The molecule has 1 aliphatic heterocycles. The number of hydrogen-bond acceptors (Lipinski definition) is 2. The van der Waals surface area contributed by atoms with E-state index in [1.54, 1.807) is 6.07 Å². The zero-order valence-electron chi connectivity index (χ0n) is 11.6. The van der Waals surface area contributed by atoms with E-state index in [1.165, 1.54) is 11.6 Å². The van der Waals surface area contributed by atoms with E-state index in [1.807, 2.05) is 24.3 Å². The Morgan fingerprint density at radius 1 is 1.19 bits per heavy atom. The third-order valence-electron chi connectivity index (χ3n) is 4.10. The molecule has 2 N–H and O–H groups in total. The second-order valence-corrected chi connectivity index (χ2v) is 6.46. The van der Waals surface area contributed by atoms with Crippen LogP contribution in [0.5, 0.6) is 5.75 Å². The zero-order valence-corrected chi connectivity index (χ0v) is 13.2. The monoisotopic (exact) mass is 349 g/mol. The fourth-order valence-corrected chi connectivity index (χ4v) is 3.29. The van der Waals surface area contributed by atoms with Gasteiger partial charge in [0.05, 0.1) is 11.1 Å². The van der Waals surface area contributed by atoms with Crippen LogP contribution < -0.4 is 10.5 Å². The molecule has 0 saturated heterocycles. The first-order valence-corrected chi connectivity index (χ1v) is 7.76. The average molecular weight is 350 g/mol. The molecule has 1 aliphatic rings. The normalized spacial score (nSPS) is 20.7. The average Bonchev–Trinajstić information content (AvgIpc) is 2.52. The number of hydrogen-bond donors (Lipinski definition) is 1. The molecule has 2 aromatic rings. The highest BCUT2D eigenvalue weighted by molar-refractivity contribution is 9.10. The maximum absolute atomic E-state index is 13.7. The SMILES string of the molecule is NCC1(Cc2cccc(F)c2Br)COc2ccccc2C1. The Bertz CT molecular complexity index is 661. The molecule has 1 heterocycles. The van der Waals surface area contributed by atoms with Crippen molar-refractivity contribution < 1.29 is 9.13 Å². The van der Waals surface area contributed by atoms with Gasteiger partial charge in [0.15, 0.2) is 0 Å². The summed E-state index contributed by atoms with van der Waals surface area (Å²) in [5.74, 6) is 0.691. The van der Waals surface area contributed by atoms with Crippen molar-refractivity contribution in [1.29, 1.82) is 0 Å². The van der Waals surface area contributed by atoms with Gasteiger partial charge in [-0.15, -0.1) is 0 Å². The summed E-state index contributed by atoms with van der Waals surface area (Å²) in [7, 11) is 0. The Labute approximate surface area is 132 Å². The molecule has 0 radical (unpaired) electrons. The van der Waals surface area contributed by atoms with Gasteiger partial charge in [-0.2, -0.15) is 0 Å². The number of para-hydroxylation sites is 1. The van der Waals surface area contributed by atoms with Crippen molar-refractivity contribution >= 4 is 15.9 Å². The van der Waals surface area contributed by atoms with Gasteiger partial charge in [0.1, 0.15) is 11.6 Å². The highest BCUT2D eigenvalue weighted by Crippen LogP contribution is 2.37. The van der Waals surface area contributed by atoms with Gasteiger partial charge in [-0.05, 0) is 52.0 Å². The molecule has 110 valence electrons. The van der Waals surface area contributed by atoms with E-state index in [4.69, 9.17) is 10.5 Å². The van der Waals surface area contributed by atoms with Crippen LogP contribution in [0.2, 0.25) is 0 Å². The molecule has 3 rings (SSSR count). The van der Waals surface area contributed by atoms with Crippen LogP contribution in [0.3, 0.4) is 0 Å². The van der Waals surface area contributed by atoms with Crippen molar-refractivity contribution in [3.63, 3.8) is 0 Å². The van der Waals surface area contributed by atoms with E-state index in [-0.39, 0.29) is 11.2 Å². The molecule has 2 aromatic carbocycles. The molecule has 1 atom stereocenters. The third kappa shape index (κ3) is 2.83. The van der Waals surface area contributed by atoms with Crippen molar-refractivity contribution in [2.75, 3.05) is 13.2 Å². The summed E-state index contributed by atoms with van der Waals surface area (Å²) in [5.41, 5.74) is 7.95. The molecule has 0 bridgehead atoms. The fourth-order valence-electron chi connectivity index (χ4n) is 2.88. The quantitative estimate of drug-likeness (QED) is 0.916. The molecule has 0 aromatic heterocycles. The molecule has 0 fully saturated rings. The largest absolute Gasteiger partial charge is 0.493 e. The summed E-state index contributed by atoms with van der Waals surface area (Å²) in [5, 5.41) is 0. The van der Waals surface area contributed by atoms with Gasteiger partial charge in [0.2, 0.25) is 0 Å². The zero-order chi connectivity index (χ0) is 14.9. The van der Waals surface area contributed by atoms with Crippen LogP contribution in [0.4, 0.5) is 4.39 Å². The second kappa shape index (κ2) is 5.78. The highest BCUT2D eigenvalue weighted by Gasteiger charge is 2.35. The van der Waals surface area contributed by atoms with Crippen LogP contribution in [-0.2, 0) is 12.8 Å². The lowest BCUT2D eigenvalue weighted by Gasteiger charge is -2.37. The summed E-state index contributed by atoms with van der Waals surface area (Å²) in [6.07, 6.45) is 1.54. The van der Waals surface area contributed by atoms with Gasteiger partial charge in [-0.1, -0.05) is 30.3 Å². The van der Waals surface area contributed by atoms with Gasteiger partial charge >= 0.3 is 0 Å². The van der Waals surface area contributed by atoms with Gasteiger partial charge in [0, 0.05) is 12.0 Å². The van der Waals surface area contributed by atoms with Gasteiger partial charge in [0.25, 0.3) is 0 Å². The minimum absolute atomic E-state index is 0.190. The first kappa shape index (κ1) is 14.5. The van der Waals surface area contributed by atoms with Gasteiger partial charge in [-0.3, -0.25) is 0 Å².